The van der Waals surface area contributed by atoms with Crippen LogP contribution in [0.2, 0.25) is 0 Å². The predicted octanol–water partition coefficient (Wildman–Crippen LogP) is 3.19. The summed E-state index contributed by atoms with van der Waals surface area (Å²) in [5, 5.41) is 0. The maximum Gasteiger partial charge on any atom is 0.826 e. The fraction of sp³-hybridized carbons (Fsp3) is 0.412. The highest BCUT2D eigenvalue weighted by Crippen LogP contribution is 2.34. The second-order valence-corrected chi connectivity index (χ2v) is 7.98. The third-order valence-corrected chi connectivity index (χ3v) is 5.75. The Morgan fingerprint density at radius 1 is 0.806 bits per heavy atom. The number of hydrogen-bond donors (Lipinski definition) is 0. The van der Waals surface area contributed by atoms with Crippen molar-refractivity contribution in [2.45, 2.75) is 45.8 Å². The summed E-state index contributed by atoms with van der Waals surface area (Å²) in [5.41, 5.74) is -6.56. The highest BCUT2D eigenvalue weighted by Gasteiger charge is 2.78. The average molecular weight is 472 g/mol. The number of esters is 1. The van der Waals surface area contributed by atoms with E-state index >= 15 is 0 Å². The van der Waals surface area contributed by atoms with Crippen molar-refractivity contribution in [3.05, 3.63) is 35.1 Å². The monoisotopic (exact) mass is 472 g/mol. The van der Waals surface area contributed by atoms with Crippen LogP contribution in [0.4, 0.5) is 22.0 Å². The summed E-state index contributed by atoms with van der Waals surface area (Å²) < 4.78 is 87.3. The maximum absolute atomic E-state index is 15.0. The van der Waals surface area contributed by atoms with Gasteiger partial charge in [-0.3, -0.25) is 14.4 Å². The van der Waals surface area contributed by atoms with Crippen molar-refractivity contribution in [3.8, 4) is 0 Å². The Bertz CT molecular complexity index is 831. The van der Waals surface area contributed by atoms with Gasteiger partial charge >= 0.3 is 20.5 Å². The van der Waals surface area contributed by atoms with Crippen LogP contribution in [0, 0.1) is 17.5 Å². The number of rotatable bonds is 9. The smallest absolute Gasteiger partial charge is 0.450 e. The van der Waals surface area contributed by atoms with Crippen molar-refractivity contribution in [1.29, 1.82) is 0 Å². The lowest BCUT2D eigenvalue weighted by Gasteiger charge is -2.31. The minimum absolute atomic E-state index is 0.267. The number of hydrogen-bond acceptors (Lipinski definition) is 8. The number of halogens is 5. The first-order valence-electron chi connectivity index (χ1n) is 8.74. The van der Waals surface area contributed by atoms with E-state index in [9.17, 15) is 41.1 Å². The largest absolute Gasteiger partial charge is 0.826 e. The molecule has 1 rings (SSSR count). The Hall–Kier alpha value is -3.03. The van der Waals surface area contributed by atoms with Gasteiger partial charge in [0.15, 0.2) is 17.5 Å². The molecule has 0 saturated heterocycles. The van der Waals surface area contributed by atoms with Gasteiger partial charge in [-0.25, -0.2) is 18.0 Å². The van der Waals surface area contributed by atoms with Gasteiger partial charge in [-0.15, -0.1) is 0 Å². The summed E-state index contributed by atoms with van der Waals surface area (Å²) >= 11 is 0. The quantitative estimate of drug-likeness (QED) is 0.234. The molecule has 0 spiro atoms. The molecule has 14 heteroatoms. The van der Waals surface area contributed by atoms with E-state index < -0.39 is 80.7 Å². The number of alkyl halides is 2. The molecule has 0 bridgehead atoms. The third-order valence-electron chi connectivity index (χ3n) is 3.44. The number of carbonyl (C=O) groups is 4. The summed E-state index contributed by atoms with van der Waals surface area (Å²) in [5.74, 6) is -12.5. The van der Waals surface area contributed by atoms with E-state index in [-0.39, 0.29) is 6.07 Å². The molecule has 8 nitrogen and oxygen atoms in total. The normalized spacial score (nSPS) is 11.5. The van der Waals surface area contributed by atoms with E-state index in [1.807, 2.05) is 0 Å². The van der Waals surface area contributed by atoms with Gasteiger partial charge in [-0.2, -0.15) is 8.78 Å². The van der Waals surface area contributed by atoms with E-state index in [0.29, 0.717) is 6.07 Å². The summed E-state index contributed by atoms with van der Waals surface area (Å²) in [6, 6.07) is 0.576. The van der Waals surface area contributed by atoms with Crippen LogP contribution in [-0.2, 0) is 32.4 Å². The Morgan fingerprint density at radius 3 is 1.61 bits per heavy atom. The highest BCUT2D eigenvalue weighted by molar-refractivity contribution is 6.67. The van der Waals surface area contributed by atoms with Crippen LogP contribution in [0.25, 0.3) is 0 Å². The van der Waals surface area contributed by atoms with Crippen LogP contribution in [0.1, 0.15) is 50.4 Å². The molecular formula is C17H17F5O8Si. The highest BCUT2D eigenvalue weighted by atomic mass is 28.4. The summed E-state index contributed by atoms with van der Waals surface area (Å²) in [4.78, 5) is 47.2. The zero-order chi connectivity index (χ0) is 24.0. The summed E-state index contributed by atoms with van der Waals surface area (Å²) in [6.07, 6.45) is -1.61. The van der Waals surface area contributed by atoms with Gasteiger partial charge in [0.05, 0.1) is 5.56 Å². The van der Waals surface area contributed by atoms with Crippen LogP contribution in [0.5, 0.6) is 0 Å². The lowest BCUT2D eigenvalue weighted by atomic mass is 10.2. The van der Waals surface area contributed by atoms with Crippen LogP contribution in [0.3, 0.4) is 0 Å². The first kappa shape index (κ1) is 26.0. The molecule has 0 aliphatic rings. The van der Waals surface area contributed by atoms with Crippen molar-refractivity contribution in [2.24, 2.45) is 0 Å². The van der Waals surface area contributed by atoms with Crippen molar-refractivity contribution in [2.75, 3.05) is 0 Å². The Morgan fingerprint density at radius 2 is 1.23 bits per heavy atom. The molecule has 31 heavy (non-hydrogen) atoms. The van der Waals surface area contributed by atoms with Crippen LogP contribution in [-0.4, -0.2) is 38.4 Å². The molecular weight excluding hydrogens is 455 g/mol. The molecule has 0 unspecified atom stereocenters. The second kappa shape index (κ2) is 10.3. The first-order valence-corrected chi connectivity index (χ1v) is 10.5. The molecule has 0 aliphatic heterocycles. The topological polar surface area (TPSA) is 105 Å². The van der Waals surface area contributed by atoms with E-state index in [1.165, 1.54) is 20.8 Å². The molecule has 0 aromatic heterocycles. The first-order chi connectivity index (χ1) is 14.3. The van der Waals surface area contributed by atoms with Gasteiger partial charge < -0.3 is 18.0 Å². The fourth-order valence-corrected chi connectivity index (χ4v) is 3.86. The summed E-state index contributed by atoms with van der Waals surface area (Å²) in [7, 11) is -6.13. The average Bonchev–Trinajstić information content (AvgIpc) is 2.70. The van der Waals surface area contributed by atoms with Crippen molar-refractivity contribution in [1.82, 2.24) is 0 Å². The van der Waals surface area contributed by atoms with E-state index in [4.69, 9.17) is 0 Å². The van der Waals surface area contributed by atoms with Crippen molar-refractivity contribution in [3.63, 3.8) is 0 Å². The van der Waals surface area contributed by atoms with Crippen molar-refractivity contribution < 1.29 is 59.1 Å². The molecule has 0 N–H and O–H groups in total. The molecule has 1 aromatic rings. The summed E-state index contributed by atoms with van der Waals surface area (Å²) in [6.45, 7) is 3.52. The zero-order valence-electron chi connectivity index (χ0n) is 16.4. The zero-order valence-corrected chi connectivity index (χ0v) is 17.4. The third kappa shape index (κ3) is 5.99. The molecule has 0 saturated carbocycles. The van der Waals surface area contributed by atoms with E-state index in [1.54, 1.807) is 0 Å². The van der Waals surface area contributed by atoms with Gasteiger partial charge in [0.1, 0.15) is 0 Å². The van der Waals surface area contributed by atoms with Gasteiger partial charge in [0.25, 0.3) is 17.9 Å². The van der Waals surface area contributed by atoms with E-state index in [2.05, 4.69) is 18.0 Å². The maximum atomic E-state index is 15.0. The number of ether oxygens (including phenoxy) is 1. The van der Waals surface area contributed by atoms with Gasteiger partial charge in [-0.05, 0) is 12.1 Å². The van der Waals surface area contributed by atoms with Crippen molar-refractivity contribution >= 4 is 32.7 Å². The minimum Gasteiger partial charge on any atom is -0.450 e. The van der Waals surface area contributed by atoms with E-state index in [0.717, 1.165) is 0 Å². The van der Waals surface area contributed by atoms with Gasteiger partial charge in [-0.1, -0.05) is 20.8 Å². The molecule has 0 fully saturated rings. The lowest BCUT2D eigenvalue weighted by Crippen LogP contribution is -2.65. The fourth-order valence-electron chi connectivity index (χ4n) is 1.82. The van der Waals surface area contributed by atoms with Crippen LogP contribution >= 0.6 is 0 Å². The lowest BCUT2D eigenvalue weighted by molar-refractivity contribution is -0.199. The molecule has 0 amide bonds. The SMILES string of the molecule is CCC(=O)O[Si](OC(=O)CC)(OC(=O)CC)C(F)(F)OC(=O)c1ccc(F)c(F)c1F. The van der Waals surface area contributed by atoms with Crippen LogP contribution < -0.4 is 0 Å². The van der Waals surface area contributed by atoms with Gasteiger partial charge in [0.2, 0.25) is 0 Å². The molecule has 0 aliphatic carbocycles. The predicted molar refractivity (Wildman–Crippen MR) is 91.6 cm³/mol. The van der Waals surface area contributed by atoms with Gasteiger partial charge in [0, 0.05) is 19.3 Å². The molecule has 172 valence electrons. The standard InChI is InChI=1S/C17H17F5O8Si/c1-4-11(23)28-31(29-12(24)5-2,30-13(25)6-3)17(21,22)27-16(26)9-7-8-10(18)15(20)14(9)19/h7-8H,4-6H2,1-3H3. The Kier molecular flexibility index (Phi) is 8.66. The van der Waals surface area contributed by atoms with Crippen LogP contribution in [0.15, 0.2) is 12.1 Å². The minimum atomic E-state index is -6.13. The molecule has 1 aromatic carbocycles. The number of carbonyl (C=O) groups excluding carboxylic acids is 4. The number of benzene rings is 1. The second-order valence-electron chi connectivity index (χ2n) is 5.67. The molecule has 0 radical (unpaired) electrons. The Labute approximate surface area is 173 Å². The molecule has 0 heterocycles. The molecule has 0 atom stereocenters. The Balaban J connectivity index is 3.49.